The molecular formula is C14H19NO2. The minimum atomic E-state index is 0.158. The highest BCUT2D eigenvalue weighted by atomic mass is 16.7. The smallest absolute Gasteiger partial charge is 0.119 e. The molecule has 0 radical (unpaired) electrons. The van der Waals surface area contributed by atoms with Crippen LogP contribution in [0.25, 0.3) is 0 Å². The molecule has 1 aliphatic rings. The number of hydrogen-bond acceptors (Lipinski definition) is 3. The highest BCUT2D eigenvalue weighted by Crippen LogP contribution is 2.24. The fourth-order valence-electron chi connectivity index (χ4n) is 1.77. The summed E-state index contributed by atoms with van der Waals surface area (Å²) in [5.74, 6) is 1.34. The lowest BCUT2D eigenvalue weighted by Crippen LogP contribution is -2.35. The van der Waals surface area contributed by atoms with E-state index in [1.54, 1.807) is 7.11 Å². The van der Waals surface area contributed by atoms with Crippen molar-refractivity contribution in [3.05, 3.63) is 36.4 Å². The Labute approximate surface area is 103 Å². The van der Waals surface area contributed by atoms with E-state index < -0.39 is 0 Å². The van der Waals surface area contributed by atoms with Crippen molar-refractivity contribution < 1.29 is 9.57 Å². The Morgan fingerprint density at radius 3 is 2.59 bits per heavy atom. The van der Waals surface area contributed by atoms with Gasteiger partial charge in [-0.15, -0.1) is 0 Å². The lowest BCUT2D eigenvalue weighted by atomic mass is 10.1. The van der Waals surface area contributed by atoms with Crippen LogP contribution in [-0.2, 0) is 4.84 Å². The molecule has 1 atom stereocenters. The zero-order valence-electron chi connectivity index (χ0n) is 10.6. The van der Waals surface area contributed by atoms with Gasteiger partial charge in [-0.3, -0.25) is 4.84 Å². The number of ether oxygens (including phenoxy) is 1. The molecule has 3 heteroatoms. The molecule has 92 valence electrons. The van der Waals surface area contributed by atoms with E-state index in [4.69, 9.17) is 9.57 Å². The van der Waals surface area contributed by atoms with Crippen molar-refractivity contribution >= 4 is 5.69 Å². The van der Waals surface area contributed by atoms with Crippen molar-refractivity contribution in [1.82, 2.24) is 0 Å². The summed E-state index contributed by atoms with van der Waals surface area (Å²) in [4.78, 5) is 5.91. The zero-order valence-corrected chi connectivity index (χ0v) is 10.6. The van der Waals surface area contributed by atoms with E-state index in [9.17, 15) is 0 Å². The van der Waals surface area contributed by atoms with Gasteiger partial charge in [0.15, 0.2) is 0 Å². The summed E-state index contributed by atoms with van der Waals surface area (Å²) in [6, 6.07) is 7.91. The van der Waals surface area contributed by atoms with Crippen molar-refractivity contribution in [2.45, 2.75) is 20.0 Å². The summed E-state index contributed by atoms with van der Waals surface area (Å²) < 4.78 is 5.14. The van der Waals surface area contributed by atoms with E-state index in [1.807, 2.05) is 29.3 Å². The van der Waals surface area contributed by atoms with Gasteiger partial charge in [0.25, 0.3) is 0 Å². The molecular weight excluding hydrogens is 214 g/mol. The second-order valence-electron chi connectivity index (χ2n) is 4.50. The fourth-order valence-corrected chi connectivity index (χ4v) is 1.77. The summed E-state index contributed by atoms with van der Waals surface area (Å²) in [5.41, 5.74) is 1.06. The number of rotatable bonds is 3. The van der Waals surface area contributed by atoms with E-state index in [2.05, 4.69) is 26.0 Å². The normalized spacial score (nSPS) is 19.8. The summed E-state index contributed by atoms with van der Waals surface area (Å²) in [6.45, 7) is 5.11. The van der Waals surface area contributed by atoms with E-state index >= 15 is 0 Å². The minimum absolute atomic E-state index is 0.158. The predicted octanol–water partition coefficient (Wildman–Crippen LogP) is 3.03. The average molecular weight is 233 g/mol. The maximum Gasteiger partial charge on any atom is 0.119 e. The van der Waals surface area contributed by atoms with Crippen molar-refractivity contribution in [3.63, 3.8) is 0 Å². The Bertz CT molecular complexity index is 384. The van der Waals surface area contributed by atoms with E-state index in [0.29, 0.717) is 5.92 Å². The van der Waals surface area contributed by atoms with Gasteiger partial charge in [-0.25, -0.2) is 5.06 Å². The first-order valence-electron chi connectivity index (χ1n) is 5.95. The van der Waals surface area contributed by atoms with Gasteiger partial charge >= 0.3 is 0 Å². The van der Waals surface area contributed by atoms with Crippen LogP contribution in [0.2, 0.25) is 0 Å². The maximum absolute atomic E-state index is 5.91. The monoisotopic (exact) mass is 233 g/mol. The Morgan fingerprint density at radius 1 is 1.29 bits per heavy atom. The molecule has 3 nitrogen and oxygen atoms in total. The van der Waals surface area contributed by atoms with Crippen molar-refractivity contribution in [3.8, 4) is 5.75 Å². The molecule has 0 aromatic heterocycles. The van der Waals surface area contributed by atoms with Gasteiger partial charge in [0.2, 0.25) is 0 Å². The van der Waals surface area contributed by atoms with Gasteiger partial charge in [0, 0.05) is 0 Å². The van der Waals surface area contributed by atoms with E-state index in [-0.39, 0.29) is 6.10 Å². The quantitative estimate of drug-likeness (QED) is 0.749. The Kier molecular flexibility index (Phi) is 3.69. The van der Waals surface area contributed by atoms with Gasteiger partial charge in [-0.1, -0.05) is 26.0 Å². The van der Waals surface area contributed by atoms with Crippen LogP contribution in [0.1, 0.15) is 13.8 Å². The number of hydrogen-bond donors (Lipinski definition) is 0. The molecule has 1 aliphatic heterocycles. The average Bonchev–Trinajstić information content (AvgIpc) is 2.39. The largest absolute Gasteiger partial charge is 0.497 e. The van der Waals surface area contributed by atoms with Crippen molar-refractivity contribution in [1.29, 1.82) is 0 Å². The van der Waals surface area contributed by atoms with Gasteiger partial charge in [0.1, 0.15) is 11.9 Å². The number of methoxy groups -OCH3 is 1. The highest BCUT2D eigenvalue weighted by Gasteiger charge is 2.19. The standard InChI is InChI=1S/C14H19NO2/c1-11(2)14-5-4-10-15(17-14)12-6-8-13(16-3)9-7-12/h4-9,11,14H,10H2,1-3H3/t14-/m0/s1. The lowest BCUT2D eigenvalue weighted by molar-refractivity contribution is 0.0314. The van der Waals surface area contributed by atoms with Crippen molar-refractivity contribution in [2.24, 2.45) is 5.92 Å². The third-order valence-corrected chi connectivity index (χ3v) is 2.86. The van der Waals surface area contributed by atoms with Crippen LogP contribution >= 0.6 is 0 Å². The van der Waals surface area contributed by atoms with Crippen LogP contribution in [0.3, 0.4) is 0 Å². The van der Waals surface area contributed by atoms with Crippen LogP contribution in [0.5, 0.6) is 5.75 Å². The van der Waals surface area contributed by atoms with Crippen LogP contribution in [0, 0.1) is 5.92 Å². The topological polar surface area (TPSA) is 21.7 Å². The lowest BCUT2D eigenvalue weighted by Gasteiger charge is -2.32. The number of nitrogens with zero attached hydrogens (tertiary/aromatic N) is 1. The molecule has 0 fully saturated rings. The Morgan fingerprint density at radius 2 is 2.00 bits per heavy atom. The molecule has 0 saturated heterocycles. The van der Waals surface area contributed by atoms with Gasteiger partial charge < -0.3 is 4.74 Å². The van der Waals surface area contributed by atoms with Gasteiger partial charge in [-0.05, 0) is 30.2 Å². The second kappa shape index (κ2) is 5.23. The van der Waals surface area contributed by atoms with Gasteiger partial charge in [0.05, 0.1) is 19.3 Å². The molecule has 0 aliphatic carbocycles. The number of hydroxylamine groups is 1. The number of benzene rings is 1. The summed E-state index contributed by atoms with van der Waals surface area (Å²) in [7, 11) is 1.67. The first kappa shape index (κ1) is 12.0. The first-order chi connectivity index (χ1) is 8.20. The van der Waals surface area contributed by atoms with Crippen LogP contribution in [-0.4, -0.2) is 19.8 Å². The minimum Gasteiger partial charge on any atom is -0.497 e. The van der Waals surface area contributed by atoms with Crippen LogP contribution in [0.15, 0.2) is 36.4 Å². The SMILES string of the molecule is COc1ccc(N2CC=C[C@@H](C(C)C)O2)cc1. The van der Waals surface area contributed by atoms with E-state index in [1.165, 1.54) is 0 Å². The highest BCUT2D eigenvalue weighted by molar-refractivity contribution is 5.48. The molecule has 1 aromatic carbocycles. The van der Waals surface area contributed by atoms with Crippen molar-refractivity contribution in [2.75, 3.05) is 18.7 Å². The molecule has 1 heterocycles. The van der Waals surface area contributed by atoms with E-state index in [0.717, 1.165) is 18.0 Å². The molecule has 0 bridgehead atoms. The summed E-state index contributed by atoms with van der Waals surface area (Å²) in [6.07, 6.45) is 4.44. The van der Waals surface area contributed by atoms with Crippen LogP contribution < -0.4 is 9.80 Å². The number of anilines is 1. The molecule has 2 rings (SSSR count). The third-order valence-electron chi connectivity index (χ3n) is 2.86. The molecule has 0 unspecified atom stereocenters. The molecule has 0 amide bonds. The first-order valence-corrected chi connectivity index (χ1v) is 5.95. The Balaban J connectivity index is 2.09. The summed E-state index contributed by atoms with van der Waals surface area (Å²) in [5, 5.41) is 1.92. The predicted molar refractivity (Wildman–Crippen MR) is 69.2 cm³/mol. The maximum atomic E-state index is 5.91. The van der Waals surface area contributed by atoms with Gasteiger partial charge in [-0.2, -0.15) is 0 Å². The zero-order chi connectivity index (χ0) is 12.3. The molecule has 1 aromatic rings. The fraction of sp³-hybridized carbons (Fsp3) is 0.429. The Hall–Kier alpha value is -1.48. The molecule has 0 N–H and O–H groups in total. The summed E-state index contributed by atoms with van der Waals surface area (Å²) >= 11 is 0. The van der Waals surface area contributed by atoms with Crippen LogP contribution in [0.4, 0.5) is 5.69 Å². The molecule has 0 spiro atoms. The third kappa shape index (κ3) is 2.80. The molecule has 0 saturated carbocycles. The second-order valence-corrected chi connectivity index (χ2v) is 4.50. The molecule has 17 heavy (non-hydrogen) atoms.